The van der Waals surface area contributed by atoms with E-state index in [1.165, 1.54) is 0 Å². The first-order valence-corrected chi connectivity index (χ1v) is 7.40. The van der Waals surface area contributed by atoms with Gasteiger partial charge in [0.05, 0.1) is 12.5 Å². The van der Waals surface area contributed by atoms with Gasteiger partial charge in [-0.25, -0.2) is 4.68 Å². The summed E-state index contributed by atoms with van der Waals surface area (Å²) in [5.41, 5.74) is 1.71. The molecular weight excluding hydrogens is 304 g/mol. The van der Waals surface area contributed by atoms with Crippen LogP contribution in [0.1, 0.15) is 0 Å². The predicted octanol–water partition coefficient (Wildman–Crippen LogP) is 3.06. The Hall–Kier alpha value is -3.41. The van der Waals surface area contributed by atoms with Gasteiger partial charge in [0.25, 0.3) is 0 Å². The van der Waals surface area contributed by atoms with Crippen LogP contribution in [0.2, 0.25) is 0 Å². The highest BCUT2D eigenvalue weighted by molar-refractivity contribution is 5.78. The molecule has 6 nitrogen and oxygen atoms in total. The molecule has 4 aromatic rings. The Morgan fingerprint density at radius 1 is 1.00 bits per heavy atom. The first-order chi connectivity index (χ1) is 11.8. The normalized spacial score (nSPS) is 11.8. The number of rotatable bonds is 3. The standard InChI is InChI=1S/C18H14N4O2/c1-23-14-8-6-13(7-9-14)18-10-16(21-22-11-19-20-12-22)15-4-2-3-5-17(15)24-18/h2-12H,1H3. The second-order valence-corrected chi connectivity index (χ2v) is 5.16. The predicted molar refractivity (Wildman–Crippen MR) is 89.2 cm³/mol. The molecule has 24 heavy (non-hydrogen) atoms. The third-order valence-electron chi connectivity index (χ3n) is 3.66. The second-order valence-electron chi connectivity index (χ2n) is 5.16. The van der Waals surface area contributed by atoms with Crippen LogP contribution in [0.25, 0.3) is 22.3 Å². The van der Waals surface area contributed by atoms with E-state index in [1.807, 2.05) is 54.6 Å². The highest BCUT2D eigenvalue weighted by Gasteiger charge is 2.06. The second kappa shape index (κ2) is 6.00. The zero-order valence-corrected chi connectivity index (χ0v) is 13.0. The number of para-hydroxylation sites is 1. The fourth-order valence-electron chi connectivity index (χ4n) is 2.47. The number of hydrogen-bond acceptors (Lipinski definition) is 5. The van der Waals surface area contributed by atoms with Crippen molar-refractivity contribution in [2.24, 2.45) is 5.10 Å². The number of fused-ring (bicyclic) bond motifs is 1. The third kappa shape index (κ3) is 2.65. The lowest BCUT2D eigenvalue weighted by Crippen LogP contribution is -2.06. The van der Waals surface area contributed by atoms with E-state index in [4.69, 9.17) is 9.15 Å². The monoisotopic (exact) mass is 318 g/mol. The Bertz CT molecular complexity index is 1030. The van der Waals surface area contributed by atoms with Gasteiger partial charge in [-0.1, -0.05) is 12.1 Å². The summed E-state index contributed by atoms with van der Waals surface area (Å²) in [4.78, 5) is 0. The Labute approximate surface area is 137 Å². The molecule has 0 fully saturated rings. The van der Waals surface area contributed by atoms with Gasteiger partial charge in [0.15, 0.2) is 0 Å². The summed E-state index contributed by atoms with van der Waals surface area (Å²) >= 11 is 0. The van der Waals surface area contributed by atoms with E-state index in [0.29, 0.717) is 0 Å². The third-order valence-corrected chi connectivity index (χ3v) is 3.66. The van der Waals surface area contributed by atoms with Gasteiger partial charge in [-0.15, -0.1) is 10.2 Å². The highest BCUT2D eigenvalue weighted by atomic mass is 16.5. The zero-order valence-electron chi connectivity index (χ0n) is 13.0. The van der Waals surface area contributed by atoms with E-state index in [-0.39, 0.29) is 0 Å². The van der Waals surface area contributed by atoms with E-state index < -0.39 is 0 Å². The number of benzene rings is 2. The molecule has 2 aromatic heterocycles. The molecule has 0 atom stereocenters. The van der Waals surface area contributed by atoms with Crippen LogP contribution in [0, 0.1) is 0 Å². The summed E-state index contributed by atoms with van der Waals surface area (Å²) in [5.74, 6) is 1.53. The van der Waals surface area contributed by atoms with Crippen LogP contribution < -0.4 is 10.1 Å². The van der Waals surface area contributed by atoms with Gasteiger partial charge in [-0.05, 0) is 36.4 Å². The van der Waals surface area contributed by atoms with E-state index in [9.17, 15) is 0 Å². The van der Waals surface area contributed by atoms with Crippen molar-refractivity contribution in [3.05, 3.63) is 72.6 Å². The minimum absolute atomic E-state index is 0.725. The van der Waals surface area contributed by atoms with E-state index >= 15 is 0 Å². The van der Waals surface area contributed by atoms with Crippen molar-refractivity contribution >= 4 is 11.0 Å². The van der Waals surface area contributed by atoms with E-state index in [1.54, 1.807) is 24.4 Å². The Kier molecular flexibility index (Phi) is 3.55. The minimum atomic E-state index is 0.725. The topological polar surface area (TPSA) is 65.4 Å². The van der Waals surface area contributed by atoms with Gasteiger partial charge < -0.3 is 9.15 Å². The lowest BCUT2D eigenvalue weighted by molar-refractivity contribution is 0.415. The highest BCUT2D eigenvalue weighted by Crippen LogP contribution is 2.24. The zero-order chi connectivity index (χ0) is 16.4. The fourth-order valence-corrected chi connectivity index (χ4v) is 2.47. The van der Waals surface area contributed by atoms with Crippen molar-refractivity contribution in [3.63, 3.8) is 0 Å². The van der Waals surface area contributed by atoms with Crippen molar-refractivity contribution < 1.29 is 9.15 Å². The largest absolute Gasteiger partial charge is 0.497 e. The van der Waals surface area contributed by atoms with Crippen LogP contribution in [0.15, 0.2) is 76.8 Å². The molecule has 0 saturated carbocycles. The minimum Gasteiger partial charge on any atom is -0.497 e. The molecule has 0 aliphatic heterocycles. The maximum Gasteiger partial charge on any atom is 0.141 e. The van der Waals surface area contributed by atoms with Gasteiger partial charge in [0, 0.05) is 17.0 Å². The van der Waals surface area contributed by atoms with Crippen LogP contribution in [0.5, 0.6) is 5.75 Å². The van der Waals surface area contributed by atoms with Gasteiger partial charge in [0.1, 0.15) is 29.7 Å². The molecule has 0 bridgehead atoms. The number of aromatic nitrogens is 3. The SMILES string of the molecule is COc1ccc(-c2cc(=Nn3cnnc3)c3ccccc3o2)cc1. The Balaban J connectivity index is 1.94. The lowest BCUT2D eigenvalue weighted by atomic mass is 10.1. The lowest BCUT2D eigenvalue weighted by Gasteiger charge is -2.06. The molecule has 118 valence electrons. The first kappa shape index (κ1) is 14.2. The molecule has 0 amide bonds. The summed E-state index contributed by atoms with van der Waals surface area (Å²) in [7, 11) is 1.64. The molecule has 0 aliphatic carbocycles. The number of hydrogen-bond donors (Lipinski definition) is 0. The summed E-state index contributed by atoms with van der Waals surface area (Å²) in [6.45, 7) is 0. The van der Waals surface area contributed by atoms with Crippen molar-refractivity contribution in [2.45, 2.75) is 0 Å². The van der Waals surface area contributed by atoms with Gasteiger partial charge in [-0.3, -0.25) is 0 Å². The average molecular weight is 318 g/mol. The van der Waals surface area contributed by atoms with Crippen LogP contribution in [-0.4, -0.2) is 22.0 Å². The van der Waals surface area contributed by atoms with Crippen molar-refractivity contribution in [3.8, 4) is 17.1 Å². The van der Waals surface area contributed by atoms with Gasteiger partial charge in [-0.2, -0.15) is 5.10 Å². The maximum absolute atomic E-state index is 6.04. The van der Waals surface area contributed by atoms with Crippen molar-refractivity contribution in [2.75, 3.05) is 7.11 Å². The summed E-state index contributed by atoms with van der Waals surface area (Å²) in [5, 5.41) is 13.8. The molecule has 6 heteroatoms. The van der Waals surface area contributed by atoms with Crippen LogP contribution in [-0.2, 0) is 0 Å². The van der Waals surface area contributed by atoms with Crippen LogP contribution in [0.4, 0.5) is 0 Å². The number of nitrogens with zero attached hydrogens (tertiary/aromatic N) is 4. The molecule has 0 unspecified atom stereocenters. The fraction of sp³-hybridized carbons (Fsp3) is 0.0556. The molecule has 0 spiro atoms. The van der Waals surface area contributed by atoms with Gasteiger partial charge in [0.2, 0.25) is 0 Å². The quantitative estimate of drug-likeness (QED) is 0.582. The Morgan fingerprint density at radius 2 is 1.75 bits per heavy atom. The molecule has 0 radical (unpaired) electrons. The van der Waals surface area contributed by atoms with E-state index in [2.05, 4.69) is 15.3 Å². The first-order valence-electron chi connectivity index (χ1n) is 7.40. The Morgan fingerprint density at radius 3 is 2.50 bits per heavy atom. The number of methoxy groups -OCH3 is 1. The summed E-state index contributed by atoms with van der Waals surface area (Å²) in [6, 6.07) is 17.4. The molecule has 4 rings (SSSR count). The summed E-state index contributed by atoms with van der Waals surface area (Å²) in [6.07, 6.45) is 3.10. The maximum atomic E-state index is 6.04. The number of ether oxygens (including phenoxy) is 1. The molecular formula is C18H14N4O2. The van der Waals surface area contributed by atoms with Crippen molar-refractivity contribution in [1.82, 2.24) is 14.9 Å². The molecule has 2 heterocycles. The molecule has 0 aliphatic rings. The smallest absolute Gasteiger partial charge is 0.141 e. The average Bonchev–Trinajstić information content (AvgIpc) is 3.15. The molecule has 0 N–H and O–H groups in total. The van der Waals surface area contributed by atoms with Crippen LogP contribution in [0.3, 0.4) is 0 Å². The van der Waals surface area contributed by atoms with Gasteiger partial charge >= 0.3 is 0 Å². The van der Waals surface area contributed by atoms with E-state index in [0.717, 1.165) is 33.4 Å². The van der Waals surface area contributed by atoms with Crippen LogP contribution >= 0.6 is 0 Å². The molecule has 2 aromatic carbocycles. The molecule has 0 saturated heterocycles. The van der Waals surface area contributed by atoms with Crippen molar-refractivity contribution in [1.29, 1.82) is 0 Å². The summed E-state index contributed by atoms with van der Waals surface area (Å²) < 4.78 is 12.8.